The number of ether oxygens (including phenoxy) is 1. The maximum absolute atomic E-state index is 13.0. The zero-order valence-corrected chi connectivity index (χ0v) is 16.9. The van der Waals surface area contributed by atoms with Crippen molar-refractivity contribution in [3.8, 4) is 0 Å². The monoisotopic (exact) mass is 406 g/mol. The fraction of sp³-hybridized carbons (Fsp3) is 0.240. The highest BCUT2D eigenvalue weighted by Gasteiger charge is 2.58. The minimum absolute atomic E-state index is 0.0658. The molecule has 4 atom stereocenters. The first kappa shape index (κ1) is 19.7. The van der Waals surface area contributed by atoms with E-state index in [9.17, 15) is 9.90 Å². The fourth-order valence-electron chi connectivity index (χ4n) is 4.75. The summed E-state index contributed by atoms with van der Waals surface area (Å²) in [5.74, 6) is -1.42. The van der Waals surface area contributed by atoms with E-state index in [4.69, 9.17) is 16.3 Å². The summed E-state index contributed by atoms with van der Waals surface area (Å²) >= 11 is 6.10. The summed E-state index contributed by atoms with van der Waals surface area (Å²) < 4.78 is 5.19. The molecule has 0 saturated heterocycles. The molecule has 0 amide bonds. The maximum Gasteiger partial charge on any atom is 0.312 e. The molecule has 4 heteroatoms. The van der Waals surface area contributed by atoms with E-state index in [0.29, 0.717) is 11.4 Å². The zero-order chi connectivity index (χ0) is 20.4. The van der Waals surface area contributed by atoms with Crippen molar-refractivity contribution in [2.75, 3.05) is 7.11 Å². The Morgan fingerprint density at radius 2 is 1.52 bits per heavy atom. The van der Waals surface area contributed by atoms with Gasteiger partial charge in [-0.25, -0.2) is 0 Å². The Hall–Kier alpha value is -2.62. The van der Waals surface area contributed by atoms with Gasteiger partial charge in [0.15, 0.2) is 0 Å². The zero-order valence-electron chi connectivity index (χ0n) is 16.2. The lowest BCUT2D eigenvalue weighted by molar-refractivity contribution is -0.155. The van der Waals surface area contributed by atoms with E-state index in [2.05, 4.69) is 0 Å². The van der Waals surface area contributed by atoms with E-state index in [1.807, 2.05) is 84.9 Å². The van der Waals surface area contributed by atoms with Crippen LogP contribution < -0.4 is 0 Å². The number of esters is 1. The Morgan fingerprint density at radius 3 is 2.10 bits per heavy atom. The van der Waals surface area contributed by atoms with Crippen molar-refractivity contribution in [1.82, 2.24) is 0 Å². The van der Waals surface area contributed by atoms with Crippen LogP contribution in [-0.4, -0.2) is 18.2 Å². The minimum atomic E-state index is -1.33. The summed E-state index contributed by atoms with van der Waals surface area (Å²) in [6.07, 6.45) is 0.415. The molecule has 1 aliphatic carbocycles. The molecule has 3 nitrogen and oxygen atoms in total. The summed E-state index contributed by atoms with van der Waals surface area (Å²) in [5.41, 5.74) is 1.45. The Bertz CT molecular complexity index is 972. The molecule has 1 N–H and O–H groups in total. The molecule has 148 valence electrons. The minimum Gasteiger partial charge on any atom is -0.469 e. The summed E-state index contributed by atoms with van der Waals surface area (Å²) in [6.45, 7) is 0. The smallest absolute Gasteiger partial charge is 0.312 e. The second-order valence-corrected chi connectivity index (χ2v) is 8.03. The van der Waals surface area contributed by atoms with Crippen molar-refractivity contribution in [3.63, 3.8) is 0 Å². The van der Waals surface area contributed by atoms with Gasteiger partial charge in [0.1, 0.15) is 5.60 Å². The average Bonchev–Trinajstić information content (AvgIpc) is 3.09. The van der Waals surface area contributed by atoms with E-state index in [1.54, 1.807) is 0 Å². The molecule has 29 heavy (non-hydrogen) atoms. The van der Waals surface area contributed by atoms with Crippen LogP contribution in [0.25, 0.3) is 0 Å². The van der Waals surface area contributed by atoms with Gasteiger partial charge < -0.3 is 9.84 Å². The fourth-order valence-corrected chi connectivity index (χ4v) is 4.87. The molecule has 0 radical (unpaired) electrons. The Labute approximate surface area is 175 Å². The van der Waals surface area contributed by atoms with Crippen LogP contribution in [0.2, 0.25) is 5.02 Å². The number of carbonyl (C=O) groups excluding carboxylic acids is 1. The highest BCUT2D eigenvalue weighted by Crippen LogP contribution is 2.58. The molecule has 0 heterocycles. The van der Waals surface area contributed by atoms with Gasteiger partial charge in [0, 0.05) is 10.9 Å². The van der Waals surface area contributed by atoms with Crippen LogP contribution >= 0.6 is 11.6 Å². The first-order valence-corrected chi connectivity index (χ1v) is 10.1. The molecule has 4 rings (SSSR count). The molecule has 1 saturated carbocycles. The van der Waals surface area contributed by atoms with Crippen molar-refractivity contribution in [1.29, 1.82) is 0 Å². The van der Waals surface area contributed by atoms with Gasteiger partial charge in [-0.05, 0) is 41.2 Å². The molecule has 1 fully saturated rings. The molecule has 0 unspecified atom stereocenters. The maximum atomic E-state index is 13.0. The van der Waals surface area contributed by atoms with Crippen LogP contribution in [0.1, 0.15) is 34.9 Å². The number of hydrogen-bond acceptors (Lipinski definition) is 3. The average molecular weight is 407 g/mol. The van der Waals surface area contributed by atoms with E-state index >= 15 is 0 Å². The van der Waals surface area contributed by atoms with Gasteiger partial charge in [0.05, 0.1) is 13.0 Å². The third-order valence-electron chi connectivity index (χ3n) is 6.05. The molecular weight excluding hydrogens is 384 g/mol. The van der Waals surface area contributed by atoms with Gasteiger partial charge in [0.25, 0.3) is 0 Å². The number of halogens is 1. The van der Waals surface area contributed by atoms with E-state index < -0.39 is 17.5 Å². The Morgan fingerprint density at radius 1 is 0.931 bits per heavy atom. The van der Waals surface area contributed by atoms with Gasteiger partial charge in [-0.15, -0.1) is 0 Å². The van der Waals surface area contributed by atoms with Crippen molar-refractivity contribution >= 4 is 17.6 Å². The van der Waals surface area contributed by atoms with Crippen LogP contribution in [0.4, 0.5) is 0 Å². The Balaban J connectivity index is 1.90. The van der Waals surface area contributed by atoms with Crippen molar-refractivity contribution in [3.05, 3.63) is 107 Å². The second kappa shape index (κ2) is 8.02. The second-order valence-electron chi connectivity index (χ2n) is 7.59. The third-order valence-corrected chi connectivity index (χ3v) is 6.30. The van der Waals surface area contributed by atoms with Gasteiger partial charge in [-0.2, -0.15) is 0 Å². The van der Waals surface area contributed by atoms with Gasteiger partial charge in [-0.1, -0.05) is 84.4 Å². The van der Waals surface area contributed by atoms with Crippen LogP contribution in [0.3, 0.4) is 0 Å². The molecule has 3 aromatic rings. The highest BCUT2D eigenvalue weighted by molar-refractivity contribution is 6.30. The van der Waals surface area contributed by atoms with Crippen molar-refractivity contribution in [2.24, 2.45) is 5.92 Å². The lowest BCUT2D eigenvalue weighted by Crippen LogP contribution is -2.38. The summed E-state index contributed by atoms with van der Waals surface area (Å²) in [7, 11) is 1.38. The molecule has 0 spiro atoms. The van der Waals surface area contributed by atoms with Gasteiger partial charge >= 0.3 is 5.97 Å². The largest absolute Gasteiger partial charge is 0.469 e. The summed E-state index contributed by atoms with van der Waals surface area (Å²) in [6, 6.07) is 27.0. The van der Waals surface area contributed by atoms with Crippen LogP contribution in [0.5, 0.6) is 0 Å². The SMILES string of the molecule is COC(=O)[C@H]1[C@H](c2ccccc2)[C@@H](c2ccc(Cl)cc2)C[C@@]1(O)c1ccccc1. The van der Waals surface area contributed by atoms with Gasteiger partial charge in [0.2, 0.25) is 0 Å². The van der Waals surface area contributed by atoms with Crippen LogP contribution in [0, 0.1) is 5.92 Å². The first-order valence-electron chi connectivity index (χ1n) is 9.70. The third kappa shape index (κ3) is 3.57. The molecule has 1 aliphatic rings. The van der Waals surface area contributed by atoms with Crippen molar-refractivity contribution in [2.45, 2.75) is 23.9 Å². The first-order chi connectivity index (χ1) is 14.0. The van der Waals surface area contributed by atoms with E-state index in [1.165, 1.54) is 7.11 Å². The molecule has 0 aliphatic heterocycles. The number of aliphatic hydroxyl groups is 1. The molecular formula is C25H23ClO3. The van der Waals surface area contributed by atoms with Crippen LogP contribution in [-0.2, 0) is 15.1 Å². The predicted molar refractivity (Wildman–Crippen MR) is 114 cm³/mol. The van der Waals surface area contributed by atoms with E-state index in [-0.39, 0.29) is 11.8 Å². The Kier molecular flexibility index (Phi) is 5.44. The van der Waals surface area contributed by atoms with Crippen LogP contribution in [0.15, 0.2) is 84.9 Å². The normalized spacial score (nSPS) is 26.2. The lowest BCUT2D eigenvalue weighted by atomic mass is 9.77. The standard InChI is InChI=1S/C25H23ClO3/c1-29-24(27)23-22(18-8-4-2-5-9-18)21(17-12-14-20(26)15-13-17)16-25(23,28)19-10-6-3-7-11-19/h2-15,21-23,28H,16H2,1H3/t21-,22-,23-,25-/m1/s1. The lowest BCUT2D eigenvalue weighted by Gasteiger charge is -2.31. The van der Waals surface area contributed by atoms with Gasteiger partial charge in [-0.3, -0.25) is 4.79 Å². The number of hydrogen-bond donors (Lipinski definition) is 1. The topological polar surface area (TPSA) is 46.5 Å². The summed E-state index contributed by atoms with van der Waals surface area (Å²) in [4.78, 5) is 13.0. The molecule has 0 bridgehead atoms. The predicted octanol–water partition coefficient (Wildman–Crippen LogP) is 5.29. The summed E-state index contributed by atoms with van der Waals surface area (Å²) in [5, 5.41) is 12.6. The highest BCUT2D eigenvalue weighted by atomic mass is 35.5. The number of methoxy groups -OCH3 is 1. The number of benzene rings is 3. The number of rotatable bonds is 4. The van der Waals surface area contributed by atoms with E-state index in [0.717, 1.165) is 16.7 Å². The number of carbonyl (C=O) groups is 1. The molecule has 3 aromatic carbocycles. The quantitative estimate of drug-likeness (QED) is 0.599. The molecule has 0 aromatic heterocycles. The van der Waals surface area contributed by atoms with Crippen molar-refractivity contribution < 1.29 is 14.6 Å².